The second kappa shape index (κ2) is 8.30. The first kappa shape index (κ1) is 18.7. The largest absolute Gasteiger partial charge is 0.370 e. The molecule has 0 amide bonds. The van der Waals surface area contributed by atoms with E-state index in [1.807, 2.05) is 23.9 Å². The van der Waals surface area contributed by atoms with Crippen LogP contribution < -0.4 is 10.2 Å². The van der Waals surface area contributed by atoms with Crippen LogP contribution in [0.15, 0.2) is 18.2 Å². The first-order chi connectivity index (χ1) is 9.80. The SMILES string of the molecule is CCC(CSC)N(C)c1cccc(Cl)c1CNC(C)(C)C. The fraction of sp³-hybridized carbons (Fsp3) is 0.647. The van der Waals surface area contributed by atoms with Crippen LogP contribution in [0.2, 0.25) is 5.02 Å². The van der Waals surface area contributed by atoms with Crippen molar-refractivity contribution in [2.45, 2.75) is 52.2 Å². The molecule has 0 saturated carbocycles. The Morgan fingerprint density at radius 3 is 2.52 bits per heavy atom. The molecule has 0 bridgehead atoms. The number of anilines is 1. The molecule has 4 heteroatoms. The van der Waals surface area contributed by atoms with Gasteiger partial charge in [0, 0.05) is 47.2 Å². The summed E-state index contributed by atoms with van der Waals surface area (Å²) in [4.78, 5) is 2.38. The fourth-order valence-electron chi connectivity index (χ4n) is 2.30. The molecule has 1 aromatic rings. The lowest BCUT2D eigenvalue weighted by atomic mass is 10.1. The Morgan fingerprint density at radius 2 is 2.00 bits per heavy atom. The Bertz CT molecular complexity index is 443. The highest BCUT2D eigenvalue weighted by Crippen LogP contribution is 2.29. The third kappa shape index (κ3) is 5.72. The summed E-state index contributed by atoms with van der Waals surface area (Å²) in [5.74, 6) is 1.13. The Morgan fingerprint density at radius 1 is 1.33 bits per heavy atom. The van der Waals surface area contributed by atoms with Crippen molar-refractivity contribution in [3.63, 3.8) is 0 Å². The maximum Gasteiger partial charge on any atom is 0.0471 e. The summed E-state index contributed by atoms with van der Waals surface area (Å²) in [6, 6.07) is 6.73. The number of nitrogens with one attached hydrogen (secondary N) is 1. The fourth-order valence-corrected chi connectivity index (χ4v) is 3.38. The van der Waals surface area contributed by atoms with Crippen molar-refractivity contribution in [2.75, 3.05) is 24.0 Å². The molecule has 1 unspecified atom stereocenters. The third-order valence-electron chi connectivity index (χ3n) is 3.65. The maximum atomic E-state index is 6.46. The molecule has 1 atom stereocenters. The van der Waals surface area contributed by atoms with Crippen LogP contribution in [0.5, 0.6) is 0 Å². The number of thioether (sulfide) groups is 1. The molecule has 0 spiro atoms. The summed E-state index contributed by atoms with van der Waals surface area (Å²) in [7, 11) is 2.18. The predicted octanol–water partition coefficient (Wildman–Crippen LogP) is 4.81. The van der Waals surface area contributed by atoms with E-state index in [9.17, 15) is 0 Å². The van der Waals surface area contributed by atoms with Gasteiger partial charge in [0.2, 0.25) is 0 Å². The zero-order valence-electron chi connectivity index (χ0n) is 14.2. The summed E-state index contributed by atoms with van der Waals surface area (Å²) >= 11 is 8.35. The van der Waals surface area contributed by atoms with Crippen LogP contribution in [0.25, 0.3) is 0 Å². The second-order valence-corrected chi connectivity index (χ2v) is 7.79. The Balaban J connectivity index is 3.03. The normalized spacial score (nSPS) is 13.3. The standard InChI is InChI=1S/C17H29ClN2S/c1-7-13(12-21-6)20(5)16-10-8-9-15(18)14(16)11-19-17(2,3)4/h8-10,13,19H,7,11-12H2,1-6H3. The topological polar surface area (TPSA) is 15.3 Å². The summed E-state index contributed by atoms with van der Waals surface area (Å²) in [6.45, 7) is 9.56. The molecule has 0 aliphatic rings. The van der Waals surface area contributed by atoms with Crippen LogP contribution in [-0.4, -0.2) is 30.6 Å². The molecule has 0 heterocycles. The van der Waals surface area contributed by atoms with Crippen LogP contribution >= 0.6 is 23.4 Å². The first-order valence-electron chi connectivity index (χ1n) is 7.54. The molecule has 1 N–H and O–H groups in total. The summed E-state index contributed by atoms with van der Waals surface area (Å²) < 4.78 is 0. The van der Waals surface area contributed by atoms with Crippen molar-refractivity contribution in [2.24, 2.45) is 0 Å². The highest BCUT2D eigenvalue weighted by molar-refractivity contribution is 7.98. The molecule has 120 valence electrons. The molecule has 0 radical (unpaired) electrons. The van der Waals surface area contributed by atoms with Gasteiger partial charge in [-0.15, -0.1) is 0 Å². The number of hydrogen-bond donors (Lipinski definition) is 1. The Labute approximate surface area is 139 Å². The number of nitrogens with zero attached hydrogens (tertiary/aromatic N) is 1. The number of hydrogen-bond acceptors (Lipinski definition) is 3. The van der Waals surface area contributed by atoms with Gasteiger partial charge in [0.1, 0.15) is 0 Å². The quantitative estimate of drug-likeness (QED) is 0.773. The zero-order valence-corrected chi connectivity index (χ0v) is 15.7. The van der Waals surface area contributed by atoms with Crippen molar-refractivity contribution in [3.05, 3.63) is 28.8 Å². The Kier molecular flexibility index (Phi) is 7.38. The van der Waals surface area contributed by atoms with Gasteiger partial charge in [-0.3, -0.25) is 0 Å². The monoisotopic (exact) mass is 328 g/mol. The number of benzene rings is 1. The van der Waals surface area contributed by atoms with Crippen molar-refractivity contribution in [1.29, 1.82) is 0 Å². The van der Waals surface area contributed by atoms with Gasteiger partial charge in [-0.05, 0) is 45.6 Å². The van der Waals surface area contributed by atoms with E-state index in [-0.39, 0.29) is 5.54 Å². The average Bonchev–Trinajstić information content (AvgIpc) is 2.41. The number of halogens is 1. The van der Waals surface area contributed by atoms with Crippen molar-refractivity contribution < 1.29 is 0 Å². The van der Waals surface area contributed by atoms with Crippen LogP contribution in [0.3, 0.4) is 0 Å². The molecule has 1 rings (SSSR count). The third-order valence-corrected chi connectivity index (χ3v) is 4.72. The van der Waals surface area contributed by atoms with Crippen molar-refractivity contribution >= 4 is 29.1 Å². The molecular formula is C17H29ClN2S. The van der Waals surface area contributed by atoms with Crippen LogP contribution in [0.4, 0.5) is 5.69 Å². The van der Waals surface area contributed by atoms with Crippen LogP contribution in [0, 0.1) is 0 Å². The van der Waals surface area contributed by atoms with Gasteiger partial charge in [0.05, 0.1) is 0 Å². The summed E-state index contributed by atoms with van der Waals surface area (Å²) in [5, 5.41) is 4.39. The molecule has 2 nitrogen and oxygen atoms in total. The van der Waals surface area contributed by atoms with E-state index in [1.165, 1.54) is 11.3 Å². The second-order valence-electron chi connectivity index (χ2n) is 6.47. The average molecular weight is 329 g/mol. The molecule has 0 fully saturated rings. The van der Waals surface area contributed by atoms with E-state index in [2.05, 4.69) is 57.3 Å². The summed E-state index contributed by atoms with van der Waals surface area (Å²) in [6.07, 6.45) is 3.30. The van der Waals surface area contributed by atoms with E-state index in [0.29, 0.717) is 6.04 Å². The van der Waals surface area contributed by atoms with Crippen LogP contribution in [-0.2, 0) is 6.54 Å². The molecular weight excluding hydrogens is 300 g/mol. The predicted molar refractivity (Wildman–Crippen MR) is 98.9 cm³/mol. The van der Waals surface area contributed by atoms with E-state index >= 15 is 0 Å². The lowest BCUT2D eigenvalue weighted by Gasteiger charge is -2.32. The highest BCUT2D eigenvalue weighted by atomic mass is 35.5. The van der Waals surface area contributed by atoms with E-state index in [4.69, 9.17) is 11.6 Å². The minimum atomic E-state index is 0.0818. The summed E-state index contributed by atoms with van der Waals surface area (Å²) in [5.41, 5.74) is 2.51. The van der Waals surface area contributed by atoms with Gasteiger partial charge >= 0.3 is 0 Å². The molecule has 0 aliphatic carbocycles. The molecule has 21 heavy (non-hydrogen) atoms. The first-order valence-corrected chi connectivity index (χ1v) is 9.31. The van der Waals surface area contributed by atoms with Gasteiger partial charge in [0.15, 0.2) is 0 Å². The van der Waals surface area contributed by atoms with Gasteiger partial charge < -0.3 is 10.2 Å². The lowest BCUT2D eigenvalue weighted by Crippen LogP contribution is -2.37. The van der Waals surface area contributed by atoms with E-state index in [0.717, 1.165) is 23.7 Å². The molecule has 0 aliphatic heterocycles. The van der Waals surface area contributed by atoms with Gasteiger partial charge in [0.25, 0.3) is 0 Å². The molecule has 0 aromatic heterocycles. The highest BCUT2D eigenvalue weighted by Gasteiger charge is 2.18. The minimum absolute atomic E-state index is 0.0818. The smallest absolute Gasteiger partial charge is 0.0471 e. The van der Waals surface area contributed by atoms with E-state index in [1.54, 1.807) is 0 Å². The van der Waals surface area contributed by atoms with Gasteiger partial charge in [-0.25, -0.2) is 0 Å². The van der Waals surface area contributed by atoms with E-state index < -0.39 is 0 Å². The zero-order chi connectivity index (χ0) is 16.0. The van der Waals surface area contributed by atoms with Gasteiger partial charge in [-0.1, -0.05) is 24.6 Å². The minimum Gasteiger partial charge on any atom is -0.370 e. The molecule has 1 aromatic carbocycles. The molecule has 0 saturated heterocycles. The number of rotatable bonds is 7. The van der Waals surface area contributed by atoms with Crippen molar-refractivity contribution in [3.8, 4) is 0 Å². The van der Waals surface area contributed by atoms with Crippen LogP contribution in [0.1, 0.15) is 39.7 Å². The van der Waals surface area contributed by atoms with Gasteiger partial charge in [-0.2, -0.15) is 11.8 Å². The Hall–Kier alpha value is -0.380. The maximum absolute atomic E-state index is 6.46. The lowest BCUT2D eigenvalue weighted by molar-refractivity contribution is 0.424. The van der Waals surface area contributed by atoms with Crippen molar-refractivity contribution in [1.82, 2.24) is 5.32 Å².